The van der Waals surface area contributed by atoms with Crippen molar-refractivity contribution >= 4 is 17.9 Å². The van der Waals surface area contributed by atoms with Gasteiger partial charge in [0.1, 0.15) is 13.2 Å². The van der Waals surface area contributed by atoms with Crippen molar-refractivity contribution in [1.82, 2.24) is 0 Å². The third kappa shape index (κ3) is 66.9. The zero-order valence-corrected chi connectivity index (χ0v) is 54.0. The van der Waals surface area contributed by atoms with Crippen LogP contribution in [0.5, 0.6) is 0 Å². The molecule has 0 amide bonds. The third-order valence-electron chi connectivity index (χ3n) is 15.0. The topological polar surface area (TPSA) is 78.9 Å². The number of carbonyl (C=O) groups excluding carboxylic acids is 3. The molecule has 0 aromatic carbocycles. The maximum atomic E-state index is 12.9. The van der Waals surface area contributed by atoms with Crippen LogP contribution in [0.2, 0.25) is 0 Å². The smallest absolute Gasteiger partial charge is 0.306 e. The second-order valence-corrected chi connectivity index (χ2v) is 23.1. The van der Waals surface area contributed by atoms with Crippen molar-refractivity contribution in [3.05, 3.63) is 109 Å². The van der Waals surface area contributed by atoms with E-state index in [0.29, 0.717) is 19.3 Å². The van der Waals surface area contributed by atoms with Gasteiger partial charge in [0, 0.05) is 19.3 Å². The van der Waals surface area contributed by atoms with E-state index in [1.54, 1.807) is 0 Å². The molecule has 0 saturated heterocycles. The molecule has 6 nitrogen and oxygen atoms in total. The maximum Gasteiger partial charge on any atom is 0.306 e. The Kier molecular flexibility index (Phi) is 66.2. The van der Waals surface area contributed by atoms with Crippen LogP contribution in [0.4, 0.5) is 0 Å². The van der Waals surface area contributed by atoms with Crippen LogP contribution in [-0.4, -0.2) is 37.2 Å². The molecule has 0 N–H and O–H groups in total. The van der Waals surface area contributed by atoms with Crippen LogP contribution in [0.3, 0.4) is 0 Å². The molecule has 82 heavy (non-hydrogen) atoms. The minimum atomic E-state index is -0.791. The standard InChI is InChI=1S/C76H130O6/c1-4-7-10-13-16-19-22-25-28-30-32-33-34-35-36-37-38-39-40-41-42-43-44-46-48-51-54-57-60-63-66-69-75(78)81-72-73(71-80-74(77)68-65-62-59-56-53-50-47-27-24-21-18-15-12-9-6-3)82-76(79)70-67-64-61-58-55-52-49-45-31-29-26-23-20-17-14-11-8-5-2/h7,10,16,19,25,28,32-33,35-36,38-39,41-42,44,46,51,54,73H,4-6,8-9,11-15,17-18,20-24,26-27,29-31,34,37,40,43,45,47-50,52-53,55-72H2,1-3H3/b10-7-,19-16-,28-25-,33-32-,36-35-,39-38-,42-41-,46-44-,54-51-. The van der Waals surface area contributed by atoms with Crippen molar-refractivity contribution < 1.29 is 28.6 Å². The van der Waals surface area contributed by atoms with Crippen molar-refractivity contribution in [3.63, 3.8) is 0 Å². The van der Waals surface area contributed by atoms with Crippen molar-refractivity contribution in [2.24, 2.45) is 0 Å². The van der Waals surface area contributed by atoms with Gasteiger partial charge in [-0.2, -0.15) is 0 Å². The fourth-order valence-corrected chi connectivity index (χ4v) is 9.85. The lowest BCUT2D eigenvalue weighted by Crippen LogP contribution is -2.30. The highest BCUT2D eigenvalue weighted by Gasteiger charge is 2.19. The van der Waals surface area contributed by atoms with Crippen molar-refractivity contribution in [2.75, 3.05) is 13.2 Å². The average Bonchev–Trinajstić information content (AvgIpc) is 3.47. The second kappa shape index (κ2) is 69.6. The Morgan fingerprint density at radius 3 is 0.744 bits per heavy atom. The Bertz CT molecular complexity index is 1640. The Labute approximate surface area is 508 Å². The Morgan fingerprint density at radius 1 is 0.256 bits per heavy atom. The Balaban J connectivity index is 4.38. The lowest BCUT2D eigenvalue weighted by molar-refractivity contribution is -0.167. The fourth-order valence-electron chi connectivity index (χ4n) is 9.85. The van der Waals surface area contributed by atoms with Gasteiger partial charge in [-0.15, -0.1) is 0 Å². The number of allylic oxidation sites excluding steroid dienone is 18. The molecule has 0 aromatic rings. The molecule has 0 aliphatic heterocycles. The fraction of sp³-hybridized carbons (Fsp3) is 0.724. The van der Waals surface area contributed by atoms with E-state index in [0.717, 1.165) is 122 Å². The molecule has 0 radical (unpaired) electrons. The lowest BCUT2D eigenvalue weighted by Gasteiger charge is -2.18. The summed E-state index contributed by atoms with van der Waals surface area (Å²) < 4.78 is 17.0. The zero-order chi connectivity index (χ0) is 59.2. The summed E-state index contributed by atoms with van der Waals surface area (Å²) >= 11 is 0. The highest BCUT2D eigenvalue weighted by atomic mass is 16.6. The van der Waals surface area contributed by atoms with E-state index in [9.17, 15) is 14.4 Å². The molecule has 0 aliphatic rings. The molecule has 0 fully saturated rings. The summed E-state index contributed by atoms with van der Waals surface area (Å²) in [5.41, 5.74) is 0. The monoisotopic (exact) mass is 1140 g/mol. The number of unbranched alkanes of at least 4 members (excludes halogenated alkanes) is 34. The minimum Gasteiger partial charge on any atom is -0.462 e. The predicted octanol–water partition coefficient (Wildman–Crippen LogP) is 24.2. The molecule has 0 rings (SSSR count). The molecule has 470 valence electrons. The van der Waals surface area contributed by atoms with Gasteiger partial charge in [-0.3, -0.25) is 14.4 Å². The molecule has 0 aromatic heterocycles. The molecule has 1 unspecified atom stereocenters. The van der Waals surface area contributed by atoms with Crippen molar-refractivity contribution in [3.8, 4) is 0 Å². The summed E-state index contributed by atoms with van der Waals surface area (Å²) in [5, 5.41) is 0. The first kappa shape index (κ1) is 78.1. The number of hydrogen-bond acceptors (Lipinski definition) is 6. The summed E-state index contributed by atoms with van der Waals surface area (Å²) in [6, 6.07) is 0. The highest BCUT2D eigenvalue weighted by Crippen LogP contribution is 2.17. The molecular weight excluding hydrogens is 1010 g/mol. The summed E-state index contributed by atoms with van der Waals surface area (Å²) in [6.45, 7) is 6.54. The van der Waals surface area contributed by atoms with E-state index in [2.05, 4.69) is 130 Å². The molecule has 0 spiro atoms. The molecule has 0 aliphatic carbocycles. The van der Waals surface area contributed by atoms with Crippen LogP contribution in [0, 0.1) is 0 Å². The molecule has 0 heterocycles. The van der Waals surface area contributed by atoms with Crippen molar-refractivity contribution in [2.45, 2.75) is 341 Å². The van der Waals surface area contributed by atoms with E-state index < -0.39 is 6.10 Å². The van der Waals surface area contributed by atoms with E-state index in [1.165, 1.54) is 173 Å². The summed E-state index contributed by atoms with van der Waals surface area (Å²) in [4.78, 5) is 38.4. The molecular formula is C76H130O6. The largest absolute Gasteiger partial charge is 0.462 e. The summed E-state index contributed by atoms with van der Waals surface area (Å²) in [7, 11) is 0. The van der Waals surface area contributed by atoms with E-state index in [4.69, 9.17) is 14.2 Å². The van der Waals surface area contributed by atoms with Gasteiger partial charge >= 0.3 is 17.9 Å². The number of ether oxygens (including phenoxy) is 3. The van der Waals surface area contributed by atoms with Gasteiger partial charge in [-0.1, -0.05) is 336 Å². The third-order valence-corrected chi connectivity index (χ3v) is 15.0. The van der Waals surface area contributed by atoms with E-state index in [-0.39, 0.29) is 31.1 Å². The zero-order valence-electron chi connectivity index (χ0n) is 54.0. The van der Waals surface area contributed by atoms with Crippen LogP contribution in [0.1, 0.15) is 335 Å². The molecule has 6 heteroatoms. The molecule has 0 saturated carbocycles. The van der Waals surface area contributed by atoms with Crippen LogP contribution in [0.15, 0.2) is 109 Å². The van der Waals surface area contributed by atoms with Gasteiger partial charge in [0.05, 0.1) is 0 Å². The van der Waals surface area contributed by atoms with Gasteiger partial charge in [-0.25, -0.2) is 0 Å². The van der Waals surface area contributed by atoms with Crippen LogP contribution in [-0.2, 0) is 28.6 Å². The number of rotatable bonds is 63. The van der Waals surface area contributed by atoms with Crippen LogP contribution < -0.4 is 0 Å². The van der Waals surface area contributed by atoms with Crippen LogP contribution in [0.25, 0.3) is 0 Å². The quantitative estimate of drug-likeness (QED) is 0.0261. The normalized spacial score (nSPS) is 12.8. The first-order chi connectivity index (χ1) is 40.5. The number of esters is 3. The molecule has 0 bridgehead atoms. The summed E-state index contributed by atoms with van der Waals surface area (Å²) in [5.74, 6) is -0.902. The van der Waals surface area contributed by atoms with Gasteiger partial charge in [0.2, 0.25) is 0 Å². The van der Waals surface area contributed by atoms with E-state index >= 15 is 0 Å². The average molecular weight is 1140 g/mol. The minimum absolute atomic E-state index is 0.0843. The van der Waals surface area contributed by atoms with Gasteiger partial charge in [0.25, 0.3) is 0 Å². The maximum absolute atomic E-state index is 12.9. The first-order valence-corrected chi connectivity index (χ1v) is 34.9. The lowest BCUT2D eigenvalue weighted by atomic mass is 10.0. The Morgan fingerprint density at radius 2 is 0.476 bits per heavy atom. The number of hydrogen-bond donors (Lipinski definition) is 0. The van der Waals surface area contributed by atoms with E-state index in [1.807, 2.05) is 0 Å². The van der Waals surface area contributed by atoms with Gasteiger partial charge in [-0.05, 0) is 89.9 Å². The predicted molar refractivity (Wildman–Crippen MR) is 357 cm³/mol. The van der Waals surface area contributed by atoms with Gasteiger partial charge in [0.15, 0.2) is 6.10 Å². The van der Waals surface area contributed by atoms with Crippen LogP contribution >= 0.6 is 0 Å². The first-order valence-electron chi connectivity index (χ1n) is 34.9. The van der Waals surface area contributed by atoms with Gasteiger partial charge < -0.3 is 14.2 Å². The van der Waals surface area contributed by atoms with Crippen molar-refractivity contribution in [1.29, 1.82) is 0 Å². The second-order valence-electron chi connectivity index (χ2n) is 23.1. The highest BCUT2D eigenvalue weighted by molar-refractivity contribution is 5.71. The molecule has 1 atom stereocenters. The number of carbonyl (C=O) groups is 3. The SMILES string of the molecule is CC/C=C\C/C=C\C/C=C\C/C=C\C/C=C\C/C=C\C/C=C\C/C=C\C/C=C\CCCCCC(=O)OCC(COC(=O)CCCCCCCCCCCCCCCCC)OC(=O)CCCCCCCCCCCCCCCCCCCC. The Hall–Kier alpha value is -3.93. The summed E-state index contributed by atoms with van der Waals surface area (Å²) in [6.07, 6.45) is 95.3.